The van der Waals surface area contributed by atoms with E-state index >= 15 is 0 Å². The van der Waals surface area contributed by atoms with E-state index in [-0.39, 0.29) is 17.9 Å². The fraction of sp³-hybridized carbons (Fsp3) is 0.526. The topological polar surface area (TPSA) is 62.5 Å². The molecule has 0 spiro atoms. The molecule has 2 heterocycles. The quantitative estimate of drug-likeness (QED) is 0.835. The van der Waals surface area contributed by atoms with E-state index in [0.717, 1.165) is 26.2 Å². The molecule has 1 saturated heterocycles. The van der Waals surface area contributed by atoms with Crippen LogP contribution < -0.4 is 0 Å². The lowest BCUT2D eigenvalue weighted by Crippen LogP contribution is -2.50. The van der Waals surface area contributed by atoms with Crippen molar-refractivity contribution >= 4 is 5.91 Å². The van der Waals surface area contributed by atoms with Gasteiger partial charge in [0.15, 0.2) is 5.82 Å². The largest absolute Gasteiger partial charge is 0.340 e. The third-order valence-electron chi connectivity index (χ3n) is 4.71. The molecule has 0 N–H and O–H groups in total. The van der Waals surface area contributed by atoms with Crippen LogP contribution in [-0.4, -0.2) is 52.0 Å². The van der Waals surface area contributed by atoms with Crippen molar-refractivity contribution in [2.24, 2.45) is 5.92 Å². The summed E-state index contributed by atoms with van der Waals surface area (Å²) in [5, 5.41) is 4.12. The van der Waals surface area contributed by atoms with Gasteiger partial charge in [-0.3, -0.25) is 9.69 Å². The van der Waals surface area contributed by atoms with Gasteiger partial charge in [0.25, 0.3) is 0 Å². The van der Waals surface area contributed by atoms with Gasteiger partial charge in [-0.05, 0) is 12.5 Å². The number of rotatable bonds is 5. The predicted molar refractivity (Wildman–Crippen MR) is 95.0 cm³/mol. The Balaban J connectivity index is 1.57. The molecule has 1 aromatic carbocycles. The van der Waals surface area contributed by atoms with Crippen molar-refractivity contribution in [3.63, 3.8) is 0 Å². The molecule has 1 fully saturated rings. The van der Waals surface area contributed by atoms with Crippen LogP contribution in [0.25, 0.3) is 0 Å². The maximum atomic E-state index is 12.1. The molecule has 1 atom stereocenters. The summed E-state index contributed by atoms with van der Waals surface area (Å²) < 4.78 is 5.48. The minimum Gasteiger partial charge on any atom is -0.340 e. The summed E-state index contributed by atoms with van der Waals surface area (Å²) in [5.74, 6) is 1.65. The number of hydrogen-bond donors (Lipinski definition) is 0. The second-order valence-corrected chi connectivity index (χ2v) is 6.90. The average Bonchev–Trinajstić information content (AvgIpc) is 3.10. The third kappa shape index (κ3) is 4.25. The highest BCUT2D eigenvalue weighted by atomic mass is 16.5. The highest BCUT2D eigenvalue weighted by Gasteiger charge is 2.28. The molecule has 0 saturated carbocycles. The van der Waals surface area contributed by atoms with E-state index in [0.29, 0.717) is 18.1 Å². The SMILES string of the molecule is CC(C)C(=O)N1CCN([C@H](C)c2nc(Cc3ccccc3)no2)CC1. The molecule has 1 aliphatic rings. The highest BCUT2D eigenvalue weighted by Crippen LogP contribution is 2.21. The van der Waals surface area contributed by atoms with Gasteiger partial charge in [0.1, 0.15) is 0 Å². The Bertz CT molecular complexity index is 690. The number of benzene rings is 1. The third-order valence-corrected chi connectivity index (χ3v) is 4.71. The van der Waals surface area contributed by atoms with Gasteiger partial charge in [-0.25, -0.2) is 0 Å². The van der Waals surface area contributed by atoms with Crippen molar-refractivity contribution in [2.75, 3.05) is 26.2 Å². The van der Waals surface area contributed by atoms with Crippen molar-refractivity contribution in [3.8, 4) is 0 Å². The molecular weight excluding hydrogens is 316 g/mol. The fourth-order valence-electron chi connectivity index (χ4n) is 3.14. The van der Waals surface area contributed by atoms with Crippen molar-refractivity contribution < 1.29 is 9.32 Å². The smallest absolute Gasteiger partial charge is 0.243 e. The van der Waals surface area contributed by atoms with Gasteiger partial charge in [0.05, 0.1) is 6.04 Å². The van der Waals surface area contributed by atoms with Crippen molar-refractivity contribution in [3.05, 3.63) is 47.6 Å². The lowest BCUT2D eigenvalue weighted by atomic mass is 10.1. The van der Waals surface area contributed by atoms with Crippen LogP contribution in [0.4, 0.5) is 0 Å². The molecule has 2 aromatic rings. The molecule has 6 heteroatoms. The molecule has 1 aliphatic heterocycles. The number of piperazine rings is 1. The zero-order valence-corrected chi connectivity index (χ0v) is 15.2. The normalized spacial score (nSPS) is 17.0. The fourth-order valence-corrected chi connectivity index (χ4v) is 3.14. The van der Waals surface area contributed by atoms with Crippen LogP contribution in [0.15, 0.2) is 34.9 Å². The second-order valence-electron chi connectivity index (χ2n) is 6.90. The van der Waals surface area contributed by atoms with Gasteiger partial charge in [0, 0.05) is 38.5 Å². The standard InChI is InChI=1S/C19H26N4O2/c1-14(2)19(24)23-11-9-22(10-12-23)15(3)18-20-17(21-25-18)13-16-7-5-4-6-8-16/h4-8,14-15H,9-13H2,1-3H3/t15-/m1/s1. The zero-order valence-electron chi connectivity index (χ0n) is 15.2. The number of hydrogen-bond acceptors (Lipinski definition) is 5. The van der Waals surface area contributed by atoms with E-state index in [1.165, 1.54) is 5.56 Å². The Morgan fingerprint density at radius 2 is 1.80 bits per heavy atom. The summed E-state index contributed by atoms with van der Waals surface area (Å²) in [6.45, 7) is 9.15. The summed E-state index contributed by atoms with van der Waals surface area (Å²) in [4.78, 5) is 20.9. The number of carbonyl (C=O) groups excluding carboxylic acids is 1. The zero-order chi connectivity index (χ0) is 17.8. The summed E-state index contributed by atoms with van der Waals surface area (Å²) in [6, 6.07) is 10.2. The second kappa shape index (κ2) is 7.78. The Hall–Kier alpha value is -2.21. The average molecular weight is 342 g/mol. The number of aromatic nitrogens is 2. The maximum Gasteiger partial charge on any atom is 0.243 e. The van der Waals surface area contributed by atoms with Gasteiger partial charge in [0.2, 0.25) is 11.8 Å². The van der Waals surface area contributed by atoms with Gasteiger partial charge in [-0.2, -0.15) is 4.98 Å². The van der Waals surface area contributed by atoms with Gasteiger partial charge in [-0.15, -0.1) is 0 Å². The first-order chi connectivity index (χ1) is 12.0. The van der Waals surface area contributed by atoms with E-state index in [1.54, 1.807) is 0 Å². The van der Waals surface area contributed by atoms with Crippen LogP contribution in [0.5, 0.6) is 0 Å². The monoisotopic (exact) mass is 342 g/mol. The molecule has 0 bridgehead atoms. The first-order valence-corrected chi connectivity index (χ1v) is 8.94. The van der Waals surface area contributed by atoms with E-state index < -0.39 is 0 Å². The van der Waals surface area contributed by atoms with Crippen molar-refractivity contribution in [1.82, 2.24) is 19.9 Å². The van der Waals surface area contributed by atoms with Crippen LogP contribution in [0.1, 0.15) is 44.1 Å². The lowest BCUT2D eigenvalue weighted by molar-refractivity contribution is -0.136. The van der Waals surface area contributed by atoms with E-state index in [9.17, 15) is 4.79 Å². The van der Waals surface area contributed by atoms with Crippen LogP contribution in [0, 0.1) is 5.92 Å². The Kier molecular flexibility index (Phi) is 5.48. The molecule has 1 amide bonds. The molecule has 3 rings (SSSR count). The molecule has 134 valence electrons. The predicted octanol–water partition coefficient (Wildman–Crippen LogP) is 2.52. The summed E-state index contributed by atoms with van der Waals surface area (Å²) in [7, 11) is 0. The molecule has 0 unspecified atom stereocenters. The highest BCUT2D eigenvalue weighted by molar-refractivity contribution is 5.78. The minimum absolute atomic E-state index is 0.0560. The lowest BCUT2D eigenvalue weighted by Gasteiger charge is -2.37. The number of nitrogens with zero attached hydrogens (tertiary/aromatic N) is 4. The van der Waals surface area contributed by atoms with Crippen LogP contribution >= 0.6 is 0 Å². The first kappa shape index (κ1) is 17.6. The van der Waals surface area contributed by atoms with Crippen LogP contribution in [0.2, 0.25) is 0 Å². The molecule has 0 radical (unpaired) electrons. The summed E-state index contributed by atoms with van der Waals surface area (Å²) >= 11 is 0. The Morgan fingerprint density at radius 3 is 2.44 bits per heavy atom. The molecule has 0 aliphatic carbocycles. The Morgan fingerprint density at radius 1 is 1.12 bits per heavy atom. The minimum atomic E-state index is 0.0560. The number of carbonyl (C=O) groups is 1. The Labute approximate surface area is 148 Å². The molecular formula is C19H26N4O2. The number of amides is 1. The van der Waals surface area contributed by atoms with Crippen LogP contribution in [0.3, 0.4) is 0 Å². The van der Waals surface area contributed by atoms with E-state index in [2.05, 4.69) is 34.1 Å². The van der Waals surface area contributed by atoms with Gasteiger partial charge < -0.3 is 9.42 Å². The van der Waals surface area contributed by atoms with Gasteiger partial charge in [-0.1, -0.05) is 49.3 Å². The van der Waals surface area contributed by atoms with E-state index in [4.69, 9.17) is 4.52 Å². The van der Waals surface area contributed by atoms with Gasteiger partial charge >= 0.3 is 0 Å². The first-order valence-electron chi connectivity index (χ1n) is 8.94. The molecule has 6 nitrogen and oxygen atoms in total. The van der Waals surface area contributed by atoms with Crippen molar-refractivity contribution in [2.45, 2.75) is 33.2 Å². The molecule has 1 aromatic heterocycles. The molecule has 25 heavy (non-hydrogen) atoms. The summed E-state index contributed by atoms with van der Waals surface area (Å²) in [6.07, 6.45) is 0.674. The van der Waals surface area contributed by atoms with E-state index in [1.807, 2.05) is 36.9 Å². The van der Waals surface area contributed by atoms with Crippen molar-refractivity contribution in [1.29, 1.82) is 0 Å². The van der Waals surface area contributed by atoms with Crippen LogP contribution in [-0.2, 0) is 11.2 Å². The maximum absolute atomic E-state index is 12.1. The summed E-state index contributed by atoms with van der Waals surface area (Å²) in [5.41, 5.74) is 1.17.